The van der Waals surface area contributed by atoms with Gasteiger partial charge in [0.2, 0.25) is 0 Å². The van der Waals surface area contributed by atoms with E-state index in [1.807, 2.05) is 11.0 Å². The molecule has 1 N–H and O–H groups in total. The van der Waals surface area contributed by atoms with Gasteiger partial charge in [0.25, 0.3) is 0 Å². The lowest BCUT2D eigenvalue weighted by atomic mass is 10.2. The van der Waals surface area contributed by atoms with Gasteiger partial charge < -0.3 is 19.9 Å². The average Bonchev–Trinajstić information content (AvgIpc) is 2.80. The molecule has 0 aromatic heterocycles. The Morgan fingerprint density at radius 3 is 2.21 bits per heavy atom. The number of hydrogen-bond acceptors (Lipinski definition) is 4. The van der Waals surface area contributed by atoms with Crippen molar-refractivity contribution in [3.63, 3.8) is 0 Å². The molecule has 0 radical (unpaired) electrons. The first-order valence-corrected chi connectivity index (χ1v) is 10.5. The van der Waals surface area contributed by atoms with Crippen LogP contribution in [0, 0.1) is 0 Å². The van der Waals surface area contributed by atoms with E-state index in [1.165, 1.54) is 11.3 Å². The first kappa shape index (κ1) is 19.7. The summed E-state index contributed by atoms with van der Waals surface area (Å²) in [6.45, 7) is 8.33. The molecular formula is C23H30N4O2. The minimum Gasteiger partial charge on any atom is -0.378 e. The summed E-state index contributed by atoms with van der Waals surface area (Å²) in [5.74, 6) is 0. The number of carbonyl (C=O) groups is 1. The standard InChI is InChI=1S/C23H30N4O2/c28-23(27-12-10-25(11-13-27)19-21-4-2-1-3-5-21)24-18-20-6-8-22(9-7-20)26-14-16-29-17-15-26/h1-9H,10-19H2,(H,24,28). The molecule has 2 saturated heterocycles. The molecule has 2 aromatic carbocycles. The fourth-order valence-corrected chi connectivity index (χ4v) is 3.89. The third kappa shape index (κ3) is 5.49. The Hall–Kier alpha value is -2.57. The molecule has 6 heteroatoms. The van der Waals surface area contributed by atoms with Crippen LogP contribution in [0.4, 0.5) is 10.5 Å². The second kappa shape index (κ2) is 9.76. The van der Waals surface area contributed by atoms with Crippen molar-refractivity contribution in [2.75, 3.05) is 57.4 Å². The smallest absolute Gasteiger partial charge is 0.317 e. The topological polar surface area (TPSA) is 48.1 Å². The highest BCUT2D eigenvalue weighted by Gasteiger charge is 2.21. The van der Waals surface area contributed by atoms with E-state index in [-0.39, 0.29) is 6.03 Å². The average molecular weight is 395 g/mol. The Bertz CT molecular complexity index is 767. The zero-order chi connectivity index (χ0) is 19.9. The zero-order valence-corrected chi connectivity index (χ0v) is 16.9. The van der Waals surface area contributed by atoms with Gasteiger partial charge >= 0.3 is 6.03 Å². The minimum absolute atomic E-state index is 0.0293. The lowest BCUT2D eigenvalue weighted by Crippen LogP contribution is -2.51. The van der Waals surface area contributed by atoms with Crippen LogP contribution in [0.3, 0.4) is 0 Å². The Labute approximate surface area is 173 Å². The summed E-state index contributed by atoms with van der Waals surface area (Å²) in [4.78, 5) is 19.2. The molecule has 2 aliphatic heterocycles. The molecule has 0 saturated carbocycles. The lowest BCUT2D eigenvalue weighted by molar-refractivity contribution is 0.122. The zero-order valence-electron chi connectivity index (χ0n) is 16.9. The molecule has 154 valence electrons. The number of hydrogen-bond donors (Lipinski definition) is 1. The van der Waals surface area contributed by atoms with Gasteiger partial charge in [-0.2, -0.15) is 0 Å². The van der Waals surface area contributed by atoms with Crippen molar-refractivity contribution in [2.45, 2.75) is 13.1 Å². The molecule has 2 aromatic rings. The van der Waals surface area contributed by atoms with E-state index >= 15 is 0 Å². The van der Waals surface area contributed by atoms with Crippen LogP contribution in [0.15, 0.2) is 54.6 Å². The summed E-state index contributed by atoms with van der Waals surface area (Å²) >= 11 is 0. The van der Waals surface area contributed by atoms with Gasteiger partial charge in [0.1, 0.15) is 0 Å². The van der Waals surface area contributed by atoms with E-state index in [9.17, 15) is 4.79 Å². The molecule has 0 aliphatic carbocycles. The number of piperazine rings is 1. The predicted molar refractivity (Wildman–Crippen MR) is 115 cm³/mol. The van der Waals surface area contributed by atoms with Gasteiger partial charge in [-0.15, -0.1) is 0 Å². The number of anilines is 1. The second-order valence-electron chi connectivity index (χ2n) is 7.67. The van der Waals surface area contributed by atoms with E-state index < -0.39 is 0 Å². The van der Waals surface area contributed by atoms with Crippen LogP contribution in [0.1, 0.15) is 11.1 Å². The number of nitrogens with one attached hydrogen (secondary N) is 1. The third-order valence-corrected chi connectivity index (χ3v) is 5.66. The van der Waals surface area contributed by atoms with Crippen molar-refractivity contribution in [2.24, 2.45) is 0 Å². The maximum atomic E-state index is 12.5. The van der Waals surface area contributed by atoms with E-state index in [2.05, 4.69) is 63.6 Å². The highest BCUT2D eigenvalue weighted by Crippen LogP contribution is 2.16. The number of benzene rings is 2. The Morgan fingerprint density at radius 2 is 1.52 bits per heavy atom. The van der Waals surface area contributed by atoms with Gasteiger partial charge in [0.05, 0.1) is 13.2 Å². The van der Waals surface area contributed by atoms with Gasteiger partial charge in [-0.05, 0) is 23.3 Å². The molecule has 0 unspecified atom stereocenters. The fraction of sp³-hybridized carbons (Fsp3) is 0.435. The van der Waals surface area contributed by atoms with Gasteiger partial charge in [-0.25, -0.2) is 4.79 Å². The number of nitrogens with zero attached hydrogens (tertiary/aromatic N) is 3. The summed E-state index contributed by atoms with van der Waals surface area (Å²) in [7, 11) is 0. The van der Waals surface area contributed by atoms with Crippen molar-refractivity contribution in [3.05, 3.63) is 65.7 Å². The van der Waals surface area contributed by atoms with Crippen LogP contribution >= 0.6 is 0 Å². The van der Waals surface area contributed by atoms with Crippen molar-refractivity contribution in [3.8, 4) is 0 Å². The Kier molecular flexibility index (Phi) is 6.64. The molecule has 6 nitrogen and oxygen atoms in total. The minimum atomic E-state index is 0.0293. The normalized spacial score (nSPS) is 17.9. The summed E-state index contributed by atoms with van der Waals surface area (Å²) in [6.07, 6.45) is 0. The number of rotatable bonds is 5. The second-order valence-corrected chi connectivity index (χ2v) is 7.67. The van der Waals surface area contributed by atoms with E-state index in [4.69, 9.17) is 4.74 Å². The maximum Gasteiger partial charge on any atom is 0.317 e. The van der Waals surface area contributed by atoms with Crippen LogP contribution in [0.25, 0.3) is 0 Å². The summed E-state index contributed by atoms with van der Waals surface area (Å²) in [5.41, 5.74) is 3.67. The molecule has 0 bridgehead atoms. The summed E-state index contributed by atoms with van der Waals surface area (Å²) in [5, 5.41) is 3.07. The number of morpholine rings is 1. The van der Waals surface area contributed by atoms with Crippen molar-refractivity contribution in [1.82, 2.24) is 15.1 Å². The van der Waals surface area contributed by atoms with Crippen molar-refractivity contribution in [1.29, 1.82) is 0 Å². The van der Waals surface area contributed by atoms with E-state index in [0.29, 0.717) is 6.54 Å². The lowest BCUT2D eigenvalue weighted by Gasteiger charge is -2.34. The van der Waals surface area contributed by atoms with Crippen molar-refractivity contribution >= 4 is 11.7 Å². The fourth-order valence-electron chi connectivity index (χ4n) is 3.89. The number of ether oxygens (including phenoxy) is 1. The first-order chi connectivity index (χ1) is 14.3. The number of urea groups is 1. The van der Waals surface area contributed by atoms with Crippen LogP contribution in [0.5, 0.6) is 0 Å². The van der Waals surface area contributed by atoms with Crippen LogP contribution < -0.4 is 10.2 Å². The summed E-state index contributed by atoms with van der Waals surface area (Å²) in [6, 6.07) is 19.0. The van der Waals surface area contributed by atoms with Gasteiger partial charge in [0.15, 0.2) is 0 Å². The summed E-state index contributed by atoms with van der Waals surface area (Å²) < 4.78 is 5.41. The van der Waals surface area contributed by atoms with Gasteiger partial charge in [-0.1, -0.05) is 42.5 Å². The van der Waals surface area contributed by atoms with E-state index in [0.717, 1.165) is 64.6 Å². The third-order valence-electron chi connectivity index (χ3n) is 5.66. The number of carbonyl (C=O) groups excluding carboxylic acids is 1. The Morgan fingerprint density at radius 1 is 0.828 bits per heavy atom. The SMILES string of the molecule is O=C(NCc1ccc(N2CCOCC2)cc1)N1CCN(Cc2ccccc2)CC1. The van der Waals surface area contributed by atoms with Gasteiger partial charge in [-0.3, -0.25) is 4.90 Å². The molecule has 2 heterocycles. The molecule has 0 atom stereocenters. The van der Waals surface area contributed by atoms with Crippen LogP contribution in [0.2, 0.25) is 0 Å². The highest BCUT2D eigenvalue weighted by molar-refractivity contribution is 5.74. The quantitative estimate of drug-likeness (QED) is 0.847. The van der Waals surface area contributed by atoms with Gasteiger partial charge in [0, 0.05) is 58.0 Å². The van der Waals surface area contributed by atoms with E-state index in [1.54, 1.807) is 0 Å². The molecule has 2 aliphatic rings. The molecule has 2 amide bonds. The molecule has 4 rings (SSSR count). The molecular weight excluding hydrogens is 364 g/mol. The monoisotopic (exact) mass is 394 g/mol. The maximum absolute atomic E-state index is 12.5. The molecule has 29 heavy (non-hydrogen) atoms. The predicted octanol–water partition coefficient (Wildman–Crippen LogP) is 2.55. The van der Waals surface area contributed by atoms with Crippen LogP contribution in [-0.4, -0.2) is 68.3 Å². The number of amides is 2. The first-order valence-electron chi connectivity index (χ1n) is 10.5. The largest absolute Gasteiger partial charge is 0.378 e. The highest BCUT2D eigenvalue weighted by atomic mass is 16.5. The van der Waals surface area contributed by atoms with Crippen LogP contribution in [-0.2, 0) is 17.8 Å². The van der Waals surface area contributed by atoms with Crippen molar-refractivity contribution < 1.29 is 9.53 Å². The Balaban J connectivity index is 1.20. The molecule has 2 fully saturated rings. The molecule has 0 spiro atoms.